The number of hydrogen-bond donors (Lipinski definition) is 3. The molecule has 0 aliphatic carbocycles. The minimum Gasteiger partial charge on any atom is -0.395 e. The molecule has 1 aromatic rings. The van der Waals surface area contributed by atoms with Gasteiger partial charge in [0.2, 0.25) is 0 Å². The topological polar surface area (TPSA) is 92.0 Å². The predicted octanol–water partition coefficient (Wildman–Crippen LogP) is -0.222. The van der Waals surface area contributed by atoms with Crippen LogP contribution in [0.4, 0.5) is 0 Å². The van der Waals surface area contributed by atoms with E-state index in [2.05, 4.69) is 10.2 Å². The molecule has 0 fully saturated rings. The van der Waals surface area contributed by atoms with Gasteiger partial charge in [0.25, 0.3) is 5.91 Å². The molecule has 5 heteroatoms. The number of amides is 1. The molecule has 1 amide bonds. The van der Waals surface area contributed by atoms with Crippen LogP contribution in [0.15, 0.2) is 6.07 Å². The van der Waals surface area contributed by atoms with Crippen LogP contribution in [0.2, 0.25) is 0 Å². The van der Waals surface area contributed by atoms with Crippen LogP contribution < -0.4 is 5.73 Å². The summed E-state index contributed by atoms with van der Waals surface area (Å²) >= 11 is 0. The van der Waals surface area contributed by atoms with Gasteiger partial charge in [-0.25, -0.2) is 0 Å². The quantitative estimate of drug-likeness (QED) is 0.604. The lowest BCUT2D eigenvalue weighted by atomic mass is 9.90. The molecule has 0 bridgehead atoms. The summed E-state index contributed by atoms with van der Waals surface area (Å²) in [6, 6.07) is 1.55. The fraction of sp³-hybridized carbons (Fsp3) is 0.500. The third kappa shape index (κ3) is 1.86. The number of nitrogens with two attached hydrogens (primary N) is 1. The van der Waals surface area contributed by atoms with Crippen molar-refractivity contribution >= 4 is 5.91 Å². The van der Waals surface area contributed by atoms with Crippen molar-refractivity contribution in [2.24, 2.45) is 5.73 Å². The molecule has 13 heavy (non-hydrogen) atoms. The second-order valence-electron chi connectivity index (χ2n) is 3.57. The molecule has 0 aromatic carbocycles. The van der Waals surface area contributed by atoms with Crippen molar-refractivity contribution in [2.75, 3.05) is 6.61 Å². The lowest BCUT2D eigenvalue weighted by Crippen LogP contribution is -2.22. The first-order valence-electron chi connectivity index (χ1n) is 3.94. The van der Waals surface area contributed by atoms with Crippen molar-refractivity contribution < 1.29 is 9.90 Å². The van der Waals surface area contributed by atoms with E-state index in [4.69, 9.17) is 10.8 Å². The Morgan fingerprint density at radius 1 is 1.77 bits per heavy atom. The van der Waals surface area contributed by atoms with Crippen molar-refractivity contribution in [3.63, 3.8) is 0 Å². The van der Waals surface area contributed by atoms with Crippen LogP contribution in [0.1, 0.15) is 30.0 Å². The van der Waals surface area contributed by atoms with Crippen molar-refractivity contribution in [3.8, 4) is 0 Å². The number of aromatic nitrogens is 2. The minimum absolute atomic E-state index is 0.0204. The molecular weight excluding hydrogens is 170 g/mol. The van der Waals surface area contributed by atoms with E-state index in [0.717, 1.165) is 0 Å². The second-order valence-corrected chi connectivity index (χ2v) is 3.57. The van der Waals surface area contributed by atoms with Gasteiger partial charge in [-0.05, 0) is 6.07 Å². The molecule has 0 aliphatic rings. The molecule has 0 saturated heterocycles. The summed E-state index contributed by atoms with van der Waals surface area (Å²) in [6.45, 7) is 3.66. The van der Waals surface area contributed by atoms with Crippen LogP contribution in [-0.2, 0) is 5.41 Å². The zero-order chi connectivity index (χ0) is 10.1. The molecule has 0 spiro atoms. The van der Waals surface area contributed by atoms with E-state index in [1.807, 2.05) is 13.8 Å². The highest BCUT2D eigenvalue weighted by atomic mass is 16.3. The van der Waals surface area contributed by atoms with E-state index in [-0.39, 0.29) is 12.3 Å². The summed E-state index contributed by atoms with van der Waals surface area (Å²) in [5.41, 5.74) is 5.49. The average Bonchev–Trinajstić information content (AvgIpc) is 2.52. The highest BCUT2D eigenvalue weighted by Crippen LogP contribution is 2.20. The second kappa shape index (κ2) is 3.18. The van der Waals surface area contributed by atoms with E-state index in [9.17, 15) is 4.79 Å². The number of rotatable bonds is 3. The lowest BCUT2D eigenvalue weighted by Gasteiger charge is -2.18. The minimum atomic E-state index is -0.573. The van der Waals surface area contributed by atoms with Crippen LogP contribution in [-0.4, -0.2) is 27.8 Å². The van der Waals surface area contributed by atoms with Gasteiger partial charge in [-0.3, -0.25) is 9.89 Å². The number of aliphatic hydroxyl groups is 1. The van der Waals surface area contributed by atoms with Gasteiger partial charge >= 0.3 is 0 Å². The van der Waals surface area contributed by atoms with E-state index >= 15 is 0 Å². The van der Waals surface area contributed by atoms with Gasteiger partial charge in [0.15, 0.2) is 0 Å². The molecule has 4 N–H and O–H groups in total. The molecule has 0 radical (unpaired) electrons. The Balaban J connectivity index is 2.98. The predicted molar refractivity (Wildman–Crippen MR) is 47.2 cm³/mol. The van der Waals surface area contributed by atoms with Crippen LogP contribution in [0.5, 0.6) is 0 Å². The summed E-state index contributed by atoms with van der Waals surface area (Å²) in [5, 5.41) is 15.4. The standard InChI is InChI=1S/C8H13N3O2/c1-8(2,4-12)6-3-5(7(9)13)10-11-6/h3,12H,4H2,1-2H3,(H2,9,13)(H,10,11). The van der Waals surface area contributed by atoms with E-state index in [1.165, 1.54) is 0 Å². The summed E-state index contributed by atoms with van der Waals surface area (Å²) < 4.78 is 0. The van der Waals surface area contributed by atoms with Crippen molar-refractivity contribution in [1.82, 2.24) is 10.2 Å². The summed E-state index contributed by atoms with van der Waals surface area (Å²) in [5.74, 6) is -0.573. The van der Waals surface area contributed by atoms with Crippen molar-refractivity contribution in [3.05, 3.63) is 17.5 Å². The molecule has 72 valence electrons. The Hall–Kier alpha value is -1.36. The van der Waals surface area contributed by atoms with Gasteiger partial charge < -0.3 is 10.8 Å². The fourth-order valence-corrected chi connectivity index (χ4v) is 0.880. The summed E-state index contributed by atoms with van der Waals surface area (Å²) in [6.07, 6.45) is 0. The van der Waals surface area contributed by atoms with Crippen LogP contribution in [0.3, 0.4) is 0 Å². The monoisotopic (exact) mass is 183 g/mol. The molecule has 0 atom stereocenters. The van der Waals surface area contributed by atoms with Crippen molar-refractivity contribution in [1.29, 1.82) is 0 Å². The summed E-state index contributed by atoms with van der Waals surface area (Å²) in [7, 11) is 0. The molecule has 0 aliphatic heterocycles. The Morgan fingerprint density at radius 2 is 2.38 bits per heavy atom. The fourth-order valence-electron chi connectivity index (χ4n) is 0.880. The Morgan fingerprint density at radius 3 is 2.77 bits per heavy atom. The third-order valence-electron chi connectivity index (χ3n) is 1.95. The number of primary amides is 1. The highest BCUT2D eigenvalue weighted by Gasteiger charge is 2.22. The largest absolute Gasteiger partial charge is 0.395 e. The maximum atomic E-state index is 10.7. The van der Waals surface area contributed by atoms with Gasteiger partial charge in [0.1, 0.15) is 5.69 Å². The Labute approximate surface area is 75.9 Å². The zero-order valence-electron chi connectivity index (χ0n) is 7.66. The lowest BCUT2D eigenvalue weighted by molar-refractivity contribution is 0.0995. The summed E-state index contributed by atoms with van der Waals surface area (Å²) in [4.78, 5) is 10.7. The number of nitrogens with one attached hydrogen (secondary N) is 1. The molecule has 0 unspecified atom stereocenters. The van der Waals surface area contributed by atoms with Gasteiger partial charge in [0, 0.05) is 11.1 Å². The number of H-pyrrole nitrogens is 1. The smallest absolute Gasteiger partial charge is 0.269 e. The number of carbonyl (C=O) groups is 1. The molecular formula is C8H13N3O2. The first-order valence-corrected chi connectivity index (χ1v) is 3.94. The van der Waals surface area contributed by atoms with Crippen LogP contribution >= 0.6 is 0 Å². The van der Waals surface area contributed by atoms with Crippen LogP contribution in [0, 0.1) is 0 Å². The number of carbonyl (C=O) groups excluding carboxylic acids is 1. The third-order valence-corrected chi connectivity index (χ3v) is 1.95. The molecule has 1 heterocycles. The Kier molecular flexibility index (Phi) is 2.38. The molecule has 1 rings (SSSR count). The number of nitrogens with zero attached hydrogens (tertiary/aromatic N) is 1. The van der Waals surface area contributed by atoms with E-state index in [0.29, 0.717) is 5.69 Å². The normalized spacial score (nSPS) is 11.6. The highest BCUT2D eigenvalue weighted by molar-refractivity contribution is 5.90. The van der Waals surface area contributed by atoms with Gasteiger partial charge in [-0.15, -0.1) is 0 Å². The number of aromatic amines is 1. The van der Waals surface area contributed by atoms with Gasteiger partial charge in [-0.2, -0.15) is 5.10 Å². The maximum absolute atomic E-state index is 10.7. The zero-order valence-corrected chi connectivity index (χ0v) is 7.66. The van der Waals surface area contributed by atoms with Gasteiger partial charge in [0.05, 0.1) is 6.61 Å². The number of hydrogen-bond acceptors (Lipinski definition) is 3. The molecule has 0 saturated carbocycles. The van der Waals surface area contributed by atoms with Gasteiger partial charge in [-0.1, -0.05) is 13.8 Å². The van der Waals surface area contributed by atoms with E-state index in [1.54, 1.807) is 6.07 Å². The molecule has 5 nitrogen and oxygen atoms in total. The molecule has 1 aromatic heterocycles. The van der Waals surface area contributed by atoms with E-state index < -0.39 is 11.3 Å². The Bertz CT molecular complexity index is 317. The van der Waals surface area contributed by atoms with Crippen LogP contribution in [0.25, 0.3) is 0 Å². The SMILES string of the molecule is CC(C)(CO)c1cc(C(N)=O)n[nH]1. The first-order chi connectivity index (χ1) is 5.97. The van der Waals surface area contributed by atoms with Crippen molar-refractivity contribution in [2.45, 2.75) is 19.3 Å². The number of aliphatic hydroxyl groups excluding tert-OH is 1. The average molecular weight is 183 g/mol. The first kappa shape index (κ1) is 9.73. The maximum Gasteiger partial charge on any atom is 0.269 e.